The lowest BCUT2D eigenvalue weighted by molar-refractivity contribution is -0.117. The first kappa shape index (κ1) is 26.3. The number of benzene rings is 2. The van der Waals surface area contributed by atoms with E-state index in [9.17, 15) is 14.4 Å². The van der Waals surface area contributed by atoms with Gasteiger partial charge in [0.1, 0.15) is 5.01 Å². The molecule has 0 saturated carbocycles. The average Bonchev–Trinajstić information content (AvgIpc) is 3.37. The van der Waals surface area contributed by atoms with E-state index in [2.05, 4.69) is 5.32 Å². The van der Waals surface area contributed by atoms with Crippen LogP contribution >= 0.6 is 22.9 Å². The van der Waals surface area contributed by atoms with E-state index >= 15 is 0 Å². The number of para-hydroxylation sites is 1. The average molecular weight is 535 g/mol. The van der Waals surface area contributed by atoms with E-state index in [4.69, 9.17) is 22.3 Å². The van der Waals surface area contributed by atoms with Gasteiger partial charge in [0.2, 0.25) is 5.91 Å². The Kier molecular flexibility index (Phi) is 7.90. The molecule has 0 spiro atoms. The van der Waals surface area contributed by atoms with Gasteiger partial charge in [-0.1, -0.05) is 55.8 Å². The van der Waals surface area contributed by atoms with Crippen LogP contribution in [0, 0.1) is 6.92 Å². The van der Waals surface area contributed by atoms with Crippen molar-refractivity contribution in [2.24, 2.45) is 5.73 Å². The minimum absolute atomic E-state index is 0.267. The summed E-state index contributed by atoms with van der Waals surface area (Å²) in [4.78, 5) is 43.3. The number of carbonyl (C=O) groups is 2. The summed E-state index contributed by atoms with van der Waals surface area (Å²) in [6.45, 7) is 5.48. The fourth-order valence-electron chi connectivity index (χ4n) is 4.27. The summed E-state index contributed by atoms with van der Waals surface area (Å²) in [6.07, 6.45) is 1.42. The van der Waals surface area contributed by atoms with E-state index in [1.807, 2.05) is 49.6 Å². The van der Waals surface area contributed by atoms with Crippen LogP contribution in [0.5, 0.6) is 0 Å². The highest BCUT2D eigenvalue weighted by Crippen LogP contribution is 2.30. The molecule has 7 nitrogen and oxygen atoms in total. The number of nitrogens with one attached hydrogen (secondary N) is 1. The monoisotopic (exact) mass is 534 g/mol. The van der Waals surface area contributed by atoms with E-state index in [0.29, 0.717) is 39.8 Å². The summed E-state index contributed by atoms with van der Waals surface area (Å²) in [7, 11) is 0. The van der Waals surface area contributed by atoms with Gasteiger partial charge in [0.25, 0.3) is 11.5 Å². The van der Waals surface area contributed by atoms with Crippen molar-refractivity contribution in [3.63, 3.8) is 0 Å². The van der Waals surface area contributed by atoms with Crippen LogP contribution in [-0.2, 0) is 17.6 Å². The molecule has 2 heterocycles. The highest BCUT2D eigenvalue weighted by atomic mass is 35.5. The van der Waals surface area contributed by atoms with Crippen molar-refractivity contribution in [1.29, 1.82) is 0 Å². The zero-order valence-corrected chi connectivity index (χ0v) is 22.4. The standard InChI is InChI=1S/C28H27ClN4O3S/c1-4-17-7-6-8-18(5-2)25(17)33-16(3)21(26(35)31-14-24(30)34)13-22(28(33)36)27-32-23(15-37-27)19-9-11-20(29)12-10-19/h6-13,15H,4-5,14H2,1-3H3,(H2,30,34)(H,31,35). The molecule has 0 aliphatic rings. The second kappa shape index (κ2) is 11.1. The third kappa shape index (κ3) is 5.35. The second-order valence-corrected chi connectivity index (χ2v) is 9.82. The van der Waals surface area contributed by atoms with Crippen molar-refractivity contribution < 1.29 is 9.59 Å². The first-order chi connectivity index (χ1) is 17.7. The van der Waals surface area contributed by atoms with Gasteiger partial charge in [0.15, 0.2) is 0 Å². The number of pyridine rings is 1. The number of amides is 2. The Bertz CT molecular complexity index is 1520. The molecule has 0 fully saturated rings. The summed E-state index contributed by atoms with van der Waals surface area (Å²) in [6, 6.07) is 14.8. The van der Waals surface area contributed by atoms with Gasteiger partial charge in [0.05, 0.1) is 29.1 Å². The molecule has 37 heavy (non-hydrogen) atoms. The van der Waals surface area contributed by atoms with Crippen molar-refractivity contribution in [2.45, 2.75) is 33.6 Å². The number of thiazole rings is 1. The van der Waals surface area contributed by atoms with Crippen molar-refractivity contribution in [3.8, 4) is 27.5 Å². The van der Waals surface area contributed by atoms with E-state index in [1.165, 1.54) is 11.3 Å². The van der Waals surface area contributed by atoms with Crippen molar-refractivity contribution in [1.82, 2.24) is 14.9 Å². The Balaban J connectivity index is 1.96. The largest absolute Gasteiger partial charge is 0.368 e. The van der Waals surface area contributed by atoms with E-state index < -0.39 is 11.8 Å². The molecule has 0 atom stereocenters. The lowest BCUT2D eigenvalue weighted by atomic mass is 10.0. The van der Waals surface area contributed by atoms with Crippen LogP contribution in [0.1, 0.15) is 41.0 Å². The van der Waals surface area contributed by atoms with Gasteiger partial charge in [-0.2, -0.15) is 0 Å². The maximum absolute atomic E-state index is 14.1. The molecular weight excluding hydrogens is 508 g/mol. The SMILES string of the molecule is CCc1cccc(CC)c1-n1c(C)c(C(=O)NCC(N)=O)cc(-c2nc(-c3ccc(Cl)cc3)cs2)c1=O. The van der Waals surface area contributed by atoms with Crippen molar-refractivity contribution >= 4 is 34.8 Å². The number of aryl methyl sites for hydroxylation is 2. The predicted molar refractivity (Wildman–Crippen MR) is 149 cm³/mol. The van der Waals surface area contributed by atoms with Crippen LogP contribution in [0.15, 0.2) is 58.7 Å². The van der Waals surface area contributed by atoms with Crippen LogP contribution in [0.2, 0.25) is 5.02 Å². The number of primary amides is 1. The number of rotatable bonds is 8. The minimum Gasteiger partial charge on any atom is -0.368 e. The Labute approximate surface area is 223 Å². The zero-order chi connectivity index (χ0) is 26.7. The molecule has 0 bridgehead atoms. The Morgan fingerprint density at radius 3 is 2.32 bits per heavy atom. The fourth-order valence-corrected chi connectivity index (χ4v) is 5.23. The lowest BCUT2D eigenvalue weighted by Gasteiger charge is -2.21. The number of hydrogen-bond acceptors (Lipinski definition) is 5. The molecular formula is C28H27ClN4O3S. The fraction of sp³-hybridized carbons (Fsp3) is 0.214. The van der Waals surface area contributed by atoms with Crippen LogP contribution in [0.4, 0.5) is 0 Å². The number of hydrogen-bond donors (Lipinski definition) is 2. The molecule has 9 heteroatoms. The summed E-state index contributed by atoms with van der Waals surface area (Å²) >= 11 is 7.35. The first-order valence-electron chi connectivity index (χ1n) is 11.9. The van der Waals surface area contributed by atoms with Crippen molar-refractivity contribution in [3.05, 3.63) is 91.7 Å². The topological polar surface area (TPSA) is 107 Å². The van der Waals surface area contributed by atoms with Gasteiger partial charge >= 0.3 is 0 Å². The van der Waals surface area contributed by atoms with E-state index in [0.717, 1.165) is 22.4 Å². The normalized spacial score (nSPS) is 10.9. The third-order valence-corrected chi connectivity index (χ3v) is 7.31. The summed E-state index contributed by atoms with van der Waals surface area (Å²) in [5, 5.41) is 5.52. The molecule has 0 saturated heterocycles. The number of aromatic nitrogens is 2. The van der Waals surface area contributed by atoms with Gasteiger partial charge in [-0.15, -0.1) is 11.3 Å². The molecule has 0 aliphatic carbocycles. The van der Waals surface area contributed by atoms with Gasteiger partial charge in [-0.05, 0) is 49.1 Å². The van der Waals surface area contributed by atoms with E-state index in [1.54, 1.807) is 29.7 Å². The highest BCUT2D eigenvalue weighted by molar-refractivity contribution is 7.13. The lowest BCUT2D eigenvalue weighted by Crippen LogP contribution is -2.35. The van der Waals surface area contributed by atoms with E-state index in [-0.39, 0.29) is 17.7 Å². The van der Waals surface area contributed by atoms with Gasteiger partial charge in [0, 0.05) is 21.7 Å². The number of nitrogens with zero attached hydrogens (tertiary/aromatic N) is 2. The first-order valence-corrected chi connectivity index (χ1v) is 13.2. The van der Waals surface area contributed by atoms with Crippen LogP contribution in [-0.4, -0.2) is 27.9 Å². The molecule has 0 unspecified atom stereocenters. The second-order valence-electron chi connectivity index (χ2n) is 8.52. The van der Waals surface area contributed by atoms with Crippen LogP contribution in [0.25, 0.3) is 27.5 Å². The zero-order valence-electron chi connectivity index (χ0n) is 20.8. The Morgan fingerprint density at radius 1 is 1.08 bits per heavy atom. The molecule has 4 rings (SSSR count). The predicted octanol–water partition coefficient (Wildman–Crippen LogP) is 4.93. The molecule has 0 radical (unpaired) electrons. The maximum Gasteiger partial charge on any atom is 0.265 e. The van der Waals surface area contributed by atoms with Gasteiger partial charge in [-0.25, -0.2) is 4.98 Å². The smallest absolute Gasteiger partial charge is 0.265 e. The molecule has 3 N–H and O–H groups in total. The number of carbonyl (C=O) groups excluding carboxylic acids is 2. The molecule has 2 aromatic carbocycles. The molecule has 2 amide bonds. The molecule has 190 valence electrons. The summed E-state index contributed by atoms with van der Waals surface area (Å²) in [5.41, 5.74) is 10.3. The summed E-state index contributed by atoms with van der Waals surface area (Å²) < 4.78 is 1.61. The van der Waals surface area contributed by atoms with Gasteiger partial charge < -0.3 is 11.1 Å². The molecule has 4 aromatic rings. The Morgan fingerprint density at radius 2 is 1.73 bits per heavy atom. The van der Waals surface area contributed by atoms with Crippen molar-refractivity contribution in [2.75, 3.05) is 6.54 Å². The van der Waals surface area contributed by atoms with Gasteiger partial charge in [-0.3, -0.25) is 19.0 Å². The molecule has 0 aliphatic heterocycles. The number of nitrogens with two attached hydrogens (primary N) is 1. The van der Waals surface area contributed by atoms with Crippen LogP contribution < -0.4 is 16.6 Å². The highest BCUT2D eigenvalue weighted by Gasteiger charge is 2.23. The number of halogens is 1. The maximum atomic E-state index is 14.1. The van der Waals surface area contributed by atoms with Crippen LogP contribution in [0.3, 0.4) is 0 Å². The Hall–Kier alpha value is -3.75. The molecule has 2 aromatic heterocycles. The minimum atomic E-state index is -0.656. The third-order valence-electron chi connectivity index (χ3n) is 6.18. The quantitative estimate of drug-likeness (QED) is 0.334. The summed E-state index contributed by atoms with van der Waals surface area (Å²) in [5.74, 6) is -1.15.